The number of carbonyl (C=O) groups excluding carboxylic acids is 1. The molecule has 1 N–H and O–H groups in total. The van der Waals surface area contributed by atoms with E-state index in [-0.39, 0.29) is 30.0 Å². The number of hydrogen-bond acceptors (Lipinski definition) is 3. The molecule has 1 aliphatic rings. The van der Waals surface area contributed by atoms with Crippen LogP contribution in [0.3, 0.4) is 0 Å². The van der Waals surface area contributed by atoms with E-state index in [0.29, 0.717) is 0 Å². The van der Waals surface area contributed by atoms with Gasteiger partial charge in [0.05, 0.1) is 6.04 Å². The monoisotopic (exact) mass is 270 g/mol. The number of nitrogens with zero attached hydrogens (tertiary/aromatic N) is 2. The largest absolute Gasteiger partial charge is 0.396 e. The van der Waals surface area contributed by atoms with E-state index in [2.05, 4.69) is 11.8 Å². The van der Waals surface area contributed by atoms with Crippen LogP contribution >= 0.6 is 0 Å². The molecule has 0 aliphatic carbocycles. The lowest BCUT2D eigenvalue weighted by atomic mass is 9.76. The van der Waals surface area contributed by atoms with Crippen molar-refractivity contribution in [2.45, 2.75) is 59.0 Å². The third-order valence-electron chi connectivity index (χ3n) is 4.97. The van der Waals surface area contributed by atoms with Crippen LogP contribution in [0.2, 0.25) is 0 Å². The van der Waals surface area contributed by atoms with Crippen LogP contribution in [0.1, 0.15) is 47.0 Å². The minimum Gasteiger partial charge on any atom is -0.396 e. The van der Waals surface area contributed by atoms with Gasteiger partial charge in [0.1, 0.15) is 0 Å². The van der Waals surface area contributed by atoms with Crippen LogP contribution in [-0.2, 0) is 4.79 Å². The standard InChI is InChI=1S/C15H30N2O2/c1-6-15(11-18)7-9-17(10-8-15)13(4)14(19)16(5)12(2)3/h12-13,18H,6-11H2,1-5H3. The fourth-order valence-electron chi connectivity index (χ4n) is 2.71. The summed E-state index contributed by atoms with van der Waals surface area (Å²) in [6, 6.07) is 0.188. The number of amides is 1. The first-order chi connectivity index (χ1) is 8.87. The van der Waals surface area contributed by atoms with Gasteiger partial charge in [-0.2, -0.15) is 0 Å². The molecule has 1 fully saturated rings. The highest BCUT2D eigenvalue weighted by molar-refractivity contribution is 5.81. The number of piperidine rings is 1. The summed E-state index contributed by atoms with van der Waals surface area (Å²) in [5.74, 6) is 0.197. The van der Waals surface area contributed by atoms with Crippen molar-refractivity contribution in [2.24, 2.45) is 5.41 Å². The zero-order valence-electron chi connectivity index (χ0n) is 13.1. The fraction of sp³-hybridized carbons (Fsp3) is 0.933. The average Bonchev–Trinajstić information content (AvgIpc) is 2.44. The molecule has 4 heteroatoms. The minimum absolute atomic E-state index is 0.0547. The van der Waals surface area contributed by atoms with Crippen LogP contribution in [0.5, 0.6) is 0 Å². The predicted molar refractivity (Wildman–Crippen MR) is 78.0 cm³/mol. The molecule has 1 rings (SSSR count). The van der Waals surface area contributed by atoms with Gasteiger partial charge < -0.3 is 10.0 Å². The van der Waals surface area contributed by atoms with Crippen molar-refractivity contribution in [1.82, 2.24) is 9.80 Å². The van der Waals surface area contributed by atoms with Crippen LogP contribution in [0.25, 0.3) is 0 Å². The maximum atomic E-state index is 12.3. The Bertz CT molecular complexity index is 291. The number of hydrogen-bond donors (Lipinski definition) is 1. The molecule has 1 atom stereocenters. The summed E-state index contributed by atoms with van der Waals surface area (Å²) in [5.41, 5.74) is 0.0865. The molecule has 1 unspecified atom stereocenters. The van der Waals surface area contributed by atoms with Gasteiger partial charge in [-0.25, -0.2) is 0 Å². The number of aliphatic hydroxyl groups is 1. The van der Waals surface area contributed by atoms with E-state index in [1.165, 1.54) is 0 Å². The van der Waals surface area contributed by atoms with Crippen molar-refractivity contribution in [3.63, 3.8) is 0 Å². The van der Waals surface area contributed by atoms with Gasteiger partial charge in [0.2, 0.25) is 5.91 Å². The second-order valence-corrected chi connectivity index (χ2v) is 6.27. The summed E-state index contributed by atoms with van der Waals surface area (Å²) in [6.45, 7) is 10.3. The van der Waals surface area contributed by atoms with E-state index in [1.807, 2.05) is 32.7 Å². The van der Waals surface area contributed by atoms with Gasteiger partial charge in [-0.05, 0) is 58.5 Å². The van der Waals surface area contributed by atoms with Crippen molar-refractivity contribution >= 4 is 5.91 Å². The van der Waals surface area contributed by atoms with E-state index < -0.39 is 0 Å². The van der Waals surface area contributed by atoms with Gasteiger partial charge in [0.25, 0.3) is 0 Å². The molecule has 112 valence electrons. The molecule has 1 aliphatic heterocycles. The Hall–Kier alpha value is -0.610. The Kier molecular flexibility index (Phi) is 5.81. The Morgan fingerprint density at radius 3 is 2.21 bits per heavy atom. The molecule has 0 aromatic rings. The molecule has 4 nitrogen and oxygen atoms in total. The SMILES string of the molecule is CCC1(CO)CCN(C(C)C(=O)N(C)C(C)C)CC1. The molecule has 0 spiro atoms. The van der Waals surface area contributed by atoms with Crippen molar-refractivity contribution in [3.05, 3.63) is 0 Å². The molecule has 0 aromatic carbocycles. The van der Waals surface area contributed by atoms with Gasteiger partial charge in [0, 0.05) is 19.7 Å². The summed E-state index contributed by atoms with van der Waals surface area (Å²) in [6.07, 6.45) is 3.00. The number of aliphatic hydroxyl groups excluding tert-OH is 1. The second-order valence-electron chi connectivity index (χ2n) is 6.27. The molecule has 1 heterocycles. The van der Waals surface area contributed by atoms with E-state index >= 15 is 0 Å². The quantitative estimate of drug-likeness (QED) is 0.827. The van der Waals surface area contributed by atoms with Crippen molar-refractivity contribution < 1.29 is 9.90 Å². The molecule has 0 saturated carbocycles. The van der Waals surface area contributed by atoms with Crippen LogP contribution in [0, 0.1) is 5.41 Å². The molecule has 1 saturated heterocycles. The predicted octanol–water partition coefficient (Wildman–Crippen LogP) is 1.73. The molecule has 1 amide bonds. The van der Waals surface area contributed by atoms with Crippen LogP contribution in [0.15, 0.2) is 0 Å². The lowest BCUT2D eigenvalue weighted by molar-refractivity contribution is -0.137. The summed E-state index contributed by atoms with van der Waals surface area (Å²) >= 11 is 0. The fourth-order valence-corrected chi connectivity index (χ4v) is 2.71. The first-order valence-corrected chi connectivity index (χ1v) is 7.48. The maximum absolute atomic E-state index is 12.3. The van der Waals surface area contributed by atoms with Gasteiger partial charge in [0.15, 0.2) is 0 Å². The highest BCUT2D eigenvalue weighted by Crippen LogP contribution is 2.34. The first kappa shape index (κ1) is 16.4. The number of carbonyl (C=O) groups is 1. The highest BCUT2D eigenvalue weighted by atomic mass is 16.3. The summed E-state index contributed by atoms with van der Waals surface area (Å²) in [7, 11) is 1.87. The van der Waals surface area contributed by atoms with Crippen LogP contribution < -0.4 is 0 Å². The lowest BCUT2D eigenvalue weighted by Gasteiger charge is -2.43. The Morgan fingerprint density at radius 2 is 1.84 bits per heavy atom. The summed E-state index contributed by atoms with van der Waals surface area (Å²) in [5, 5.41) is 9.54. The van der Waals surface area contributed by atoms with Crippen molar-refractivity contribution in [1.29, 1.82) is 0 Å². The van der Waals surface area contributed by atoms with Gasteiger partial charge >= 0.3 is 0 Å². The Balaban J connectivity index is 2.58. The highest BCUT2D eigenvalue weighted by Gasteiger charge is 2.35. The second kappa shape index (κ2) is 6.71. The molecule has 0 bridgehead atoms. The zero-order chi connectivity index (χ0) is 14.6. The third-order valence-corrected chi connectivity index (χ3v) is 4.97. The number of likely N-dealkylation sites (N-methyl/N-ethyl adjacent to an activating group) is 1. The van der Waals surface area contributed by atoms with E-state index in [1.54, 1.807) is 0 Å². The average molecular weight is 270 g/mol. The van der Waals surface area contributed by atoms with E-state index in [4.69, 9.17) is 0 Å². The summed E-state index contributed by atoms with van der Waals surface area (Å²) in [4.78, 5) is 16.4. The molecule has 0 aromatic heterocycles. The molecule has 19 heavy (non-hydrogen) atoms. The smallest absolute Gasteiger partial charge is 0.239 e. The topological polar surface area (TPSA) is 43.8 Å². The van der Waals surface area contributed by atoms with Gasteiger partial charge in [-0.15, -0.1) is 0 Å². The molecular weight excluding hydrogens is 240 g/mol. The van der Waals surface area contributed by atoms with Gasteiger partial charge in [-0.1, -0.05) is 6.92 Å². The third kappa shape index (κ3) is 3.69. The van der Waals surface area contributed by atoms with E-state index in [9.17, 15) is 9.90 Å². The Labute approximate surface area is 117 Å². The Morgan fingerprint density at radius 1 is 1.32 bits per heavy atom. The molecule has 0 radical (unpaired) electrons. The molecular formula is C15H30N2O2. The van der Waals surface area contributed by atoms with Crippen LogP contribution in [-0.4, -0.2) is 59.6 Å². The number of rotatable bonds is 5. The zero-order valence-corrected chi connectivity index (χ0v) is 13.1. The number of likely N-dealkylation sites (tertiary alicyclic amines) is 1. The normalized spacial score (nSPS) is 21.4. The summed E-state index contributed by atoms with van der Waals surface area (Å²) < 4.78 is 0. The minimum atomic E-state index is -0.0547. The van der Waals surface area contributed by atoms with Crippen molar-refractivity contribution in [2.75, 3.05) is 26.7 Å². The van der Waals surface area contributed by atoms with Crippen LogP contribution in [0.4, 0.5) is 0 Å². The lowest BCUT2D eigenvalue weighted by Crippen LogP contribution is -2.52. The maximum Gasteiger partial charge on any atom is 0.239 e. The van der Waals surface area contributed by atoms with Crippen molar-refractivity contribution in [3.8, 4) is 0 Å². The first-order valence-electron chi connectivity index (χ1n) is 7.48. The van der Waals surface area contributed by atoms with E-state index in [0.717, 1.165) is 32.4 Å². The van der Waals surface area contributed by atoms with Gasteiger partial charge in [-0.3, -0.25) is 9.69 Å².